The van der Waals surface area contributed by atoms with Crippen LogP contribution in [0, 0.1) is 0 Å². The molecular formula is C14H15BrF3NO2. The van der Waals surface area contributed by atoms with Gasteiger partial charge in [-0.2, -0.15) is 13.2 Å². The summed E-state index contributed by atoms with van der Waals surface area (Å²) in [5, 5.41) is 2.79. The molecule has 0 radical (unpaired) electrons. The predicted octanol–water partition coefficient (Wildman–Crippen LogP) is 3.98. The van der Waals surface area contributed by atoms with Crippen LogP contribution in [0.1, 0.15) is 28.8 Å². The van der Waals surface area contributed by atoms with Gasteiger partial charge in [0, 0.05) is 23.5 Å². The molecule has 0 aliphatic carbocycles. The van der Waals surface area contributed by atoms with Gasteiger partial charge in [0.05, 0.1) is 0 Å². The number of carbonyl (C=O) groups is 1. The number of hydrogen-bond acceptors (Lipinski definition) is 2. The fourth-order valence-electron chi connectivity index (χ4n) is 2.14. The summed E-state index contributed by atoms with van der Waals surface area (Å²) in [6, 6.07) is 5.65. The van der Waals surface area contributed by atoms with Crippen LogP contribution in [-0.4, -0.2) is 25.3 Å². The molecule has 1 aliphatic heterocycles. The molecule has 7 heteroatoms. The van der Waals surface area contributed by atoms with Gasteiger partial charge >= 0.3 is 6.18 Å². The fourth-order valence-corrected chi connectivity index (χ4v) is 2.61. The van der Waals surface area contributed by atoms with E-state index in [9.17, 15) is 18.0 Å². The summed E-state index contributed by atoms with van der Waals surface area (Å²) >= 11 is 3.46. The van der Waals surface area contributed by atoms with Crippen molar-refractivity contribution in [2.45, 2.75) is 30.3 Å². The van der Waals surface area contributed by atoms with E-state index < -0.39 is 12.8 Å². The Morgan fingerprint density at radius 1 is 1.33 bits per heavy atom. The number of benzene rings is 1. The zero-order valence-electron chi connectivity index (χ0n) is 11.2. The number of fused-ring (bicyclic) bond motifs is 1. The van der Waals surface area contributed by atoms with Crippen molar-refractivity contribution in [1.82, 2.24) is 0 Å². The van der Waals surface area contributed by atoms with E-state index in [1.54, 1.807) is 0 Å². The molecule has 1 aliphatic rings. The van der Waals surface area contributed by atoms with E-state index in [-0.39, 0.29) is 17.3 Å². The van der Waals surface area contributed by atoms with Gasteiger partial charge in [-0.1, -0.05) is 28.1 Å². The fraction of sp³-hybridized carbons (Fsp3) is 0.500. The van der Waals surface area contributed by atoms with Crippen molar-refractivity contribution in [3.63, 3.8) is 0 Å². The topological polar surface area (TPSA) is 38.3 Å². The number of alkyl halides is 4. The van der Waals surface area contributed by atoms with Gasteiger partial charge in [0.2, 0.25) is 5.91 Å². The standard InChI is InChI=1S/C14H15BrF3NO2/c15-11(5-6-21-8-14(16,17)18)9-1-3-12-10(7-9)2-4-13(20)19-12/h1,3,7,11H,2,4-6,8H2,(H,19,20). The summed E-state index contributed by atoms with van der Waals surface area (Å²) in [5.74, 6) is 0.00573. The molecular weight excluding hydrogens is 351 g/mol. The third-order valence-corrected chi connectivity index (χ3v) is 4.15. The number of hydrogen-bond donors (Lipinski definition) is 1. The molecule has 116 valence electrons. The average molecular weight is 366 g/mol. The molecule has 1 aromatic rings. The maximum atomic E-state index is 12.0. The van der Waals surface area contributed by atoms with Crippen molar-refractivity contribution in [3.8, 4) is 0 Å². The number of anilines is 1. The van der Waals surface area contributed by atoms with Crippen LogP contribution in [-0.2, 0) is 16.0 Å². The molecule has 0 spiro atoms. The average Bonchev–Trinajstić information content (AvgIpc) is 2.41. The lowest BCUT2D eigenvalue weighted by atomic mass is 9.98. The van der Waals surface area contributed by atoms with E-state index in [1.165, 1.54) is 0 Å². The van der Waals surface area contributed by atoms with Crippen LogP contribution in [0.3, 0.4) is 0 Å². The van der Waals surface area contributed by atoms with E-state index >= 15 is 0 Å². The summed E-state index contributed by atoms with van der Waals surface area (Å²) in [4.78, 5) is 11.2. The van der Waals surface area contributed by atoms with E-state index in [2.05, 4.69) is 26.0 Å². The Morgan fingerprint density at radius 2 is 2.10 bits per heavy atom. The lowest BCUT2D eigenvalue weighted by Gasteiger charge is -2.19. The normalized spacial score (nSPS) is 16.3. The van der Waals surface area contributed by atoms with Crippen LogP contribution in [0.2, 0.25) is 0 Å². The minimum absolute atomic E-state index is 0.00573. The maximum absolute atomic E-state index is 12.0. The van der Waals surface area contributed by atoms with Gasteiger partial charge in [-0.25, -0.2) is 0 Å². The first-order valence-electron chi connectivity index (χ1n) is 6.56. The Labute approximate surface area is 129 Å². The largest absolute Gasteiger partial charge is 0.411 e. The molecule has 2 rings (SSSR count). The van der Waals surface area contributed by atoms with Crippen molar-refractivity contribution in [2.75, 3.05) is 18.5 Å². The van der Waals surface area contributed by atoms with Crippen LogP contribution >= 0.6 is 15.9 Å². The Balaban J connectivity index is 1.88. The molecule has 1 unspecified atom stereocenters. The summed E-state index contributed by atoms with van der Waals surface area (Å²) in [7, 11) is 0. The quantitative estimate of drug-likeness (QED) is 0.633. The molecule has 1 N–H and O–H groups in total. The highest BCUT2D eigenvalue weighted by atomic mass is 79.9. The summed E-state index contributed by atoms with van der Waals surface area (Å²) in [6.07, 6.45) is -2.70. The number of aryl methyl sites for hydroxylation is 1. The second kappa shape index (κ2) is 6.79. The third-order valence-electron chi connectivity index (χ3n) is 3.17. The van der Waals surface area contributed by atoms with Crippen molar-refractivity contribution in [3.05, 3.63) is 29.3 Å². The Hall–Kier alpha value is -1.08. The Morgan fingerprint density at radius 3 is 2.81 bits per heavy atom. The number of ether oxygens (including phenoxy) is 1. The molecule has 0 saturated heterocycles. The second-order valence-electron chi connectivity index (χ2n) is 4.89. The highest BCUT2D eigenvalue weighted by molar-refractivity contribution is 9.09. The molecule has 0 saturated carbocycles. The molecule has 0 bridgehead atoms. The molecule has 21 heavy (non-hydrogen) atoms. The summed E-state index contributed by atoms with van der Waals surface area (Å²) in [5.41, 5.74) is 2.83. The summed E-state index contributed by atoms with van der Waals surface area (Å²) in [6.45, 7) is -1.19. The Kier molecular flexibility index (Phi) is 5.27. The molecule has 1 amide bonds. The van der Waals surface area contributed by atoms with E-state index in [4.69, 9.17) is 0 Å². The summed E-state index contributed by atoms with van der Waals surface area (Å²) < 4.78 is 40.5. The number of amides is 1. The van der Waals surface area contributed by atoms with Gasteiger partial charge in [-0.3, -0.25) is 4.79 Å². The monoisotopic (exact) mass is 365 g/mol. The number of halogens is 4. The van der Waals surface area contributed by atoms with E-state index in [1.807, 2.05) is 18.2 Å². The molecule has 1 atom stereocenters. The predicted molar refractivity (Wildman–Crippen MR) is 76.6 cm³/mol. The van der Waals surface area contributed by atoms with Crippen LogP contribution in [0.5, 0.6) is 0 Å². The van der Waals surface area contributed by atoms with Crippen LogP contribution in [0.15, 0.2) is 18.2 Å². The van der Waals surface area contributed by atoms with E-state index in [0.717, 1.165) is 16.8 Å². The number of carbonyl (C=O) groups excluding carboxylic acids is 1. The molecule has 1 heterocycles. The lowest BCUT2D eigenvalue weighted by Crippen LogP contribution is -2.19. The third kappa shape index (κ3) is 5.00. The minimum Gasteiger partial charge on any atom is -0.372 e. The van der Waals surface area contributed by atoms with Crippen LogP contribution in [0.25, 0.3) is 0 Å². The van der Waals surface area contributed by atoms with E-state index in [0.29, 0.717) is 19.3 Å². The Bertz CT molecular complexity index is 519. The molecule has 0 aromatic heterocycles. The van der Waals surface area contributed by atoms with Gasteiger partial charge in [-0.05, 0) is 30.0 Å². The van der Waals surface area contributed by atoms with Gasteiger partial charge in [0.1, 0.15) is 6.61 Å². The smallest absolute Gasteiger partial charge is 0.372 e. The number of rotatable bonds is 5. The van der Waals surface area contributed by atoms with Gasteiger partial charge < -0.3 is 10.1 Å². The zero-order valence-corrected chi connectivity index (χ0v) is 12.8. The first kappa shape index (κ1) is 16.3. The first-order chi connectivity index (χ1) is 9.85. The lowest BCUT2D eigenvalue weighted by molar-refractivity contribution is -0.174. The minimum atomic E-state index is -4.29. The maximum Gasteiger partial charge on any atom is 0.411 e. The van der Waals surface area contributed by atoms with Crippen molar-refractivity contribution in [2.24, 2.45) is 0 Å². The molecule has 1 aromatic carbocycles. The molecule has 0 fully saturated rings. The zero-order chi connectivity index (χ0) is 15.5. The SMILES string of the molecule is O=C1CCc2cc(C(Br)CCOCC(F)(F)F)ccc2N1. The highest BCUT2D eigenvalue weighted by Gasteiger charge is 2.27. The van der Waals surface area contributed by atoms with Crippen molar-refractivity contribution >= 4 is 27.5 Å². The van der Waals surface area contributed by atoms with Crippen molar-refractivity contribution < 1.29 is 22.7 Å². The van der Waals surface area contributed by atoms with Gasteiger partial charge in [-0.15, -0.1) is 0 Å². The highest BCUT2D eigenvalue weighted by Crippen LogP contribution is 2.31. The second-order valence-corrected chi connectivity index (χ2v) is 5.99. The number of nitrogens with one attached hydrogen (secondary N) is 1. The van der Waals surface area contributed by atoms with Crippen molar-refractivity contribution in [1.29, 1.82) is 0 Å². The van der Waals surface area contributed by atoms with Crippen LogP contribution in [0.4, 0.5) is 18.9 Å². The van der Waals surface area contributed by atoms with Gasteiger partial charge in [0.25, 0.3) is 0 Å². The van der Waals surface area contributed by atoms with Crippen LogP contribution < -0.4 is 5.32 Å². The van der Waals surface area contributed by atoms with Gasteiger partial charge in [0.15, 0.2) is 0 Å². The molecule has 3 nitrogen and oxygen atoms in total. The first-order valence-corrected chi connectivity index (χ1v) is 7.48.